The van der Waals surface area contributed by atoms with Crippen molar-refractivity contribution in [2.45, 2.75) is 51.9 Å². The lowest BCUT2D eigenvalue weighted by Crippen LogP contribution is -2.41. The molecule has 0 aliphatic carbocycles. The normalized spacial score (nSPS) is 15.3. The number of imidazole rings is 1. The monoisotopic (exact) mass is 226 g/mol. The van der Waals surface area contributed by atoms with Crippen LogP contribution in [0.15, 0.2) is 12.4 Å². The van der Waals surface area contributed by atoms with Gasteiger partial charge in [0.15, 0.2) is 8.32 Å². The largest absolute Gasteiger partial charge is 0.407 e. The number of hydrogen-bond acceptors (Lipinski definition) is 2. The fraction of sp³-hybridized carbons (Fsp3) is 0.727. The number of hydrogen-bond donors (Lipinski definition) is 1. The molecule has 4 heteroatoms. The van der Waals surface area contributed by atoms with E-state index in [4.69, 9.17) is 4.43 Å². The maximum absolute atomic E-state index is 6.19. The Morgan fingerprint density at radius 1 is 1.40 bits per heavy atom. The van der Waals surface area contributed by atoms with Crippen LogP contribution in [0.5, 0.6) is 0 Å². The molecule has 0 unspecified atom stereocenters. The number of rotatable bonds is 3. The van der Waals surface area contributed by atoms with E-state index in [-0.39, 0.29) is 11.1 Å². The van der Waals surface area contributed by atoms with E-state index in [1.807, 2.05) is 6.20 Å². The van der Waals surface area contributed by atoms with Crippen LogP contribution >= 0.6 is 0 Å². The van der Waals surface area contributed by atoms with Crippen LogP contribution in [0.2, 0.25) is 18.1 Å². The Hall–Kier alpha value is -0.613. The summed E-state index contributed by atoms with van der Waals surface area (Å²) in [5.74, 6) is 0.917. The molecule has 0 bridgehead atoms. The zero-order valence-electron chi connectivity index (χ0n) is 10.6. The number of H-pyrrole nitrogens is 1. The predicted molar refractivity (Wildman–Crippen MR) is 65.3 cm³/mol. The molecule has 1 rings (SSSR count). The first-order valence-corrected chi connectivity index (χ1v) is 8.32. The standard InChI is InChI=1S/C11H22N2OSi/c1-9(10-12-7-8-13-10)14-15(5,6)11(2,3)4/h7-9H,1-6H3,(H,12,13)/t9-/m0/s1. The third-order valence-electron chi connectivity index (χ3n) is 3.18. The average molecular weight is 226 g/mol. The number of aromatic amines is 1. The van der Waals surface area contributed by atoms with Gasteiger partial charge in [-0.1, -0.05) is 20.8 Å². The maximum atomic E-state index is 6.19. The van der Waals surface area contributed by atoms with Crippen LogP contribution < -0.4 is 0 Å². The molecule has 15 heavy (non-hydrogen) atoms. The number of nitrogens with zero attached hydrogens (tertiary/aromatic N) is 1. The van der Waals surface area contributed by atoms with Crippen molar-refractivity contribution in [1.29, 1.82) is 0 Å². The lowest BCUT2D eigenvalue weighted by atomic mass is 10.2. The first-order chi connectivity index (χ1) is 6.74. The third-order valence-corrected chi connectivity index (χ3v) is 7.74. The fourth-order valence-corrected chi connectivity index (χ4v) is 2.52. The quantitative estimate of drug-likeness (QED) is 0.801. The second kappa shape index (κ2) is 4.10. The van der Waals surface area contributed by atoms with Gasteiger partial charge < -0.3 is 9.41 Å². The van der Waals surface area contributed by atoms with Gasteiger partial charge in [0.25, 0.3) is 0 Å². The molecule has 0 aromatic carbocycles. The Morgan fingerprint density at radius 3 is 2.40 bits per heavy atom. The molecule has 86 valence electrons. The first-order valence-electron chi connectivity index (χ1n) is 5.41. The fourth-order valence-electron chi connectivity index (χ4n) is 1.17. The summed E-state index contributed by atoms with van der Waals surface area (Å²) in [4.78, 5) is 7.32. The van der Waals surface area contributed by atoms with Crippen LogP contribution in [-0.4, -0.2) is 18.3 Å². The van der Waals surface area contributed by atoms with Crippen LogP contribution in [-0.2, 0) is 4.43 Å². The van der Waals surface area contributed by atoms with Gasteiger partial charge in [0.05, 0.1) is 0 Å². The zero-order chi connectivity index (χ0) is 11.7. The van der Waals surface area contributed by atoms with Crippen molar-refractivity contribution in [3.05, 3.63) is 18.2 Å². The van der Waals surface area contributed by atoms with E-state index >= 15 is 0 Å². The van der Waals surface area contributed by atoms with Crippen LogP contribution in [0.1, 0.15) is 39.6 Å². The SMILES string of the molecule is C[C@H](O[Si](C)(C)C(C)(C)C)c1ncc[nH]1. The Morgan fingerprint density at radius 2 is 2.00 bits per heavy atom. The van der Waals surface area contributed by atoms with E-state index in [0.29, 0.717) is 0 Å². The minimum atomic E-state index is -1.68. The molecule has 1 N–H and O–H groups in total. The molecule has 1 aromatic rings. The van der Waals surface area contributed by atoms with E-state index in [1.165, 1.54) is 0 Å². The highest BCUT2D eigenvalue weighted by Gasteiger charge is 2.38. The van der Waals surface area contributed by atoms with Crippen molar-refractivity contribution < 1.29 is 4.43 Å². The Kier molecular flexibility index (Phi) is 3.40. The van der Waals surface area contributed by atoms with Crippen molar-refractivity contribution >= 4 is 8.32 Å². The van der Waals surface area contributed by atoms with E-state index in [1.54, 1.807) is 6.20 Å². The summed E-state index contributed by atoms with van der Waals surface area (Å²) >= 11 is 0. The van der Waals surface area contributed by atoms with Crippen LogP contribution in [0, 0.1) is 0 Å². The number of aromatic nitrogens is 2. The molecule has 0 fully saturated rings. The summed E-state index contributed by atoms with van der Waals surface area (Å²) in [6.45, 7) is 13.3. The second-order valence-electron chi connectivity index (χ2n) is 5.49. The molecule has 0 aliphatic rings. The predicted octanol–water partition coefficient (Wildman–Crippen LogP) is 3.49. The van der Waals surface area contributed by atoms with Gasteiger partial charge in [0.2, 0.25) is 0 Å². The van der Waals surface area contributed by atoms with Crippen molar-refractivity contribution in [3.8, 4) is 0 Å². The molecule has 1 atom stereocenters. The van der Waals surface area contributed by atoms with Crippen LogP contribution in [0.3, 0.4) is 0 Å². The molecule has 1 aromatic heterocycles. The van der Waals surface area contributed by atoms with Gasteiger partial charge in [-0.15, -0.1) is 0 Å². The summed E-state index contributed by atoms with van der Waals surface area (Å²) < 4.78 is 6.19. The molecule has 0 radical (unpaired) electrons. The molecule has 0 spiro atoms. The Labute approximate surface area is 93.4 Å². The lowest BCUT2D eigenvalue weighted by Gasteiger charge is -2.38. The molecule has 0 saturated heterocycles. The van der Waals surface area contributed by atoms with E-state index < -0.39 is 8.32 Å². The van der Waals surface area contributed by atoms with Gasteiger partial charge in [-0.25, -0.2) is 4.98 Å². The van der Waals surface area contributed by atoms with E-state index in [9.17, 15) is 0 Å². The van der Waals surface area contributed by atoms with Crippen molar-refractivity contribution in [1.82, 2.24) is 9.97 Å². The summed E-state index contributed by atoms with van der Waals surface area (Å²) in [5.41, 5.74) is 0. The topological polar surface area (TPSA) is 37.9 Å². The summed E-state index contributed by atoms with van der Waals surface area (Å²) in [7, 11) is -1.68. The van der Waals surface area contributed by atoms with Gasteiger partial charge in [0, 0.05) is 12.4 Å². The van der Waals surface area contributed by atoms with Crippen molar-refractivity contribution in [2.24, 2.45) is 0 Å². The minimum absolute atomic E-state index is 0.0564. The van der Waals surface area contributed by atoms with Gasteiger partial charge in [0.1, 0.15) is 11.9 Å². The Balaban J connectivity index is 2.70. The summed E-state index contributed by atoms with van der Waals surface area (Å²) in [5, 5.41) is 0.244. The highest BCUT2D eigenvalue weighted by atomic mass is 28.4. The van der Waals surface area contributed by atoms with Crippen LogP contribution in [0.4, 0.5) is 0 Å². The van der Waals surface area contributed by atoms with Gasteiger partial charge in [-0.05, 0) is 25.1 Å². The molecular formula is C11H22N2OSi. The van der Waals surface area contributed by atoms with Crippen molar-refractivity contribution in [2.75, 3.05) is 0 Å². The molecule has 0 saturated carbocycles. The molecule has 0 amide bonds. The van der Waals surface area contributed by atoms with E-state index in [2.05, 4.69) is 50.8 Å². The third kappa shape index (κ3) is 2.92. The first kappa shape index (κ1) is 12.5. The second-order valence-corrected chi connectivity index (χ2v) is 10.3. The van der Waals surface area contributed by atoms with Gasteiger partial charge in [-0.3, -0.25) is 0 Å². The lowest BCUT2D eigenvalue weighted by molar-refractivity contribution is 0.194. The molecule has 0 aliphatic heterocycles. The smallest absolute Gasteiger partial charge is 0.193 e. The average Bonchev–Trinajstić information content (AvgIpc) is 2.51. The summed E-state index contributed by atoms with van der Waals surface area (Å²) in [6, 6.07) is 0. The highest BCUT2D eigenvalue weighted by Crippen LogP contribution is 2.39. The molecule has 1 heterocycles. The van der Waals surface area contributed by atoms with Gasteiger partial charge >= 0.3 is 0 Å². The van der Waals surface area contributed by atoms with Crippen LogP contribution in [0.25, 0.3) is 0 Å². The summed E-state index contributed by atoms with van der Waals surface area (Å²) in [6.07, 6.45) is 3.66. The molecule has 3 nitrogen and oxygen atoms in total. The Bertz CT molecular complexity index is 301. The van der Waals surface area contributed by atoms with Crippen molar-refractivity contribution in [3.63, 3.8) is 0 Å². The van der Waals surface area contributed by atoms with E-state index in [0.717, 1.165) is 5.82 Å². The maximum Gasteiger partial charge on any atom is 0.193 e. The molecular weight excluding hydrogens is 204 g/mol. The number of nitrogens with one attached hydrogen (secondary N) is 1. The van der Waals surface area contributed by atoms with Gasteiger partial charge in [-0.2, -0.15) is 0 Å². The highest BCUT2D eigenvalue weighted by molar-refractivity contribution is 6.74. The minimum Gasteiger partial charge on any atom is -0.407 e. The zero-order valence-corrected chi connectivity index (χ0v) is 11.6.